The quantitative estimate of drug-likeness (QED) is 0.710. The summed E-state index contributed by atoms with van der Waals surface area (Å²) < 4.78 is 0. The highest BCUT2D eigenvalue weighted by Crippen LogP contribution is 2.21. The first kappa shape index (κ1) is 14.2. The topological polar surface area (TPSA) is 62.2 Å². The molecule has 0 bridgehead atoms. The molecule has 2 aromatic carbocycles. The van der Waals surface area contributed by atoms with Gasteiger partial charge in [-0.2, -0.15) is 0 Å². The van der Waals surface area contributed by atoms with Crippen LogP contribution in [-0.2, 0) is 6.54 Å². The summed E-state index contributed by atoms with van der Waals surface area (Å²) in [6.07, 6.45) is 1.78. The van der Waals surface area contributed by atoms with Gasteiger partial charge in [-0.15, -0.1) is 0 Å². The standard InChI is InChI=1S/C18H16N2O2/c21-12-17(22)14-8-6-13(7-9-14)11-20-16-5-1-3-15-4-2-10-19-18(15)16/h1-10,20-21H,11-12H2. The number of ketones is 1. The summed E-state index contributed by atoms with van der Waals surface area (Å²) in [7, 11) is 0. The van der Waals surface area contributed by atoms with Crippen LogP contribution in [0.3, 0.4) is 0 Å². The van der Waals surface area contributed by atoms with E-state index in [0.29, 0.717) is 12.1 Å². The fraction of sp³-hybridized carbons (Fsp3) is 0.111. The largest absolute Gasteiger partial charge is 0.388 e. The van der Waals surface area contributed by atoms with E-state index in [9.17, 15) is 4.79 Å². The molecule has 1 heterocycles. The number of fused-ring (bicyclic) bond motifs is 1. The Kier molecular flexibility index (Phi) is 4.12. The molecule has 2 N–H and O–H groups in total. The smallest absolute Gasteiger partial charge is 0.188 e. The number of aliphatic hydroxyl groups is 1. The normalized spacial score (nSPS) is 10.6. The van der Waals surface area contributed by atoms with E-state index in [2.05, 4.69) is 10.3 Å². The van der Waals surface area contributed by atoms with Crippen LogP contribution in [0.15, 0.2) is 60.8 Å². The van der Waals surface area contributed by atoms with Crippen molar-refractivity contribution in [2.45, 2.75) is 6.54 Å². The van der Waals surface area contributed by atoms with Gasteiger partial charge in [0.2, 0.25) is 0 Å². The predicted octanol–water partition coefficient (Wildman–Crippen LogP) is 3.02. The fourth-order valence-corrected chi connectivity index (χ4v) is 2.34. The number of hydrogen-bond acceptors (Lipinski definition) is 4. The van der Waals surface area contributed by atoms with Crippen LogP contribution in [0.25, 0.3) is 10.9 Å². The van der Waals surface area contributed by atoms with Gasteiger partial charge in [0, 0.05) is 23.7 Å². The van der Waals surface area contributed by atoms with Crippen molar-refractivity contribution in [3.8, 4) is 0 Å². The van der Waals surface area contributed by atoms with Crippen molar-refractivity contribution >= 4 is 22.4 Å². The van der Waals surface area contributed by atoms with E-state index in [1.807, 2.05) is 42.5 Å². The van der Waals surface area contributed by atoms with E-state index in [-0.39, 0.29) is 5.78 Å². The maximum Gasteiger partial charge on any atom is 0.188 e. The lowest BCUT2D eigenvalue weighted by atomic mass is 10.1. The van der Waals surface area contributed by atoms with E-state index in [1.54, 1.807) is 18.3 Å². The number of rotatable bonds is 5. The number of aromatic nitrogens is 1. The predicted molar refractivity (Wildman–Crippen MR) is 86.9 cm³/mol. The van der Waals surface area contributed by atoms with E-state index in [0.717, 1.165) is 22.2 Å². The number of pyridine rings is 1. The summed E-state index contributed by atoms with van der Waals surface area (Å²) >= 11 is 0. The minimum Gasteiger partial charge on any atom is -0.388 e. The Morgan fingerprint density at radius 3 is 2.59 bits per heavy atom. The van der Waals surface area contributed by atoms with Gasteiger partial charge < -0.3 is 10.4 Å². The fourth-order valence-electron chi connectivity index (χ4n) is 2.34. The maximum absolute atomic E-state index is 11.4. The van der Waals surface area contributed by atoms with Gasteiger partial charge in [0.25, 0.3) is 0 Å². The second-order valence-electron chi connectivity index (χ2n) is 5.01. The Morgan fingerprint density at radius 1 is 1.05 bits per heavy atom. The van der Waals surface area contributed by atoms with Gasteiger partial charge in [0.05, 0.1) is 11.2 Å². The Labute approximate surface area is 128 Å². The van der Waals surface area contributed by atoms with E-state index in [4.69, 9.17) is 5.11 Å². The molecule has 0 amide bonds. The molecule has 4 nitrogen and oxygen atoms in total. The third-order valence-corrected chi connectivity index (χ3v) is 3.54. The van der Waals surface area contributed by atoms with E-state index < -0.39 is 6.61 Å². The van der Waals surface area contributed by atoms with Crippen molar-refractivity contribution in [2.75, 3.05) is 11.9 Å². The molecule has 0 aliphatic carbocycles. The molecule has 4 heteroatoms. The van der Waals surface area contributed by atoms with Gasteiger partial charge in [0.1, 0.15) is 6.61 Å². The molecule has 0 spiro atoms. The lowest BCUT2D eigenvalue weighted by molar-refractivity contribution is 0.0903. The molecule has 0 atom stereocenters. The first-order chi connectivity index (χ1) is 10.8. The minimum atomic E-state index is -0.459. The number of carbonyl (C=O) groups excluding carboxylic acids is 1. The highest BCUT2D eigenvalue weighted by atomic mass is 16.3. The molecule has 1 aromatic heterocycles. The Balaban J connectivity index is 1.75. The third kappa shape index (κ3) is 2.97. The van der Waals surface area contributed by atoms with Crippen molar-refractivity contribution < 1.29 is 9.90 Å². The highest BCUT2D eigenvalue weighted by Gasteiger charge is 2.04. The number of nitrogens with zero attached hydrogens (tertiary/aromatic N) is 1. The van der Waals surface area contributed by atoms with Crippen LogP contribution in [0.2, 0.25) is 0 Å². The van der Waals surface area contributed by atoms with Gasteiger partial charge in [-0.05, 0) is 17.7 Å². The molecule has 0 radical (unpaired) electrons. The number of Topliss-reactive ketones (excluding diaryl/α,β-unsaturated/α-hetero) is 1. The van der Waals surface area contributed by atoms with Crippen LogP contribution in [0.1, 0.15) is 15.9 Å². The van der Waals surface area contributed by atoms with Crippen molar-refractivity contribution in [3.63, 3.8) is 0 Å². The van der Waals surface area contributed by atoms with Crippen molar-refractivity contribution in [1.29, 1.82) is 0 Å². The molecule has 0 unspecified atom stereocenters. The van der Waals surface area contributed by atoms with Crippen molar-refractivity contribution in [1.82, 2.24) is 4.98 Å². The van der Waals surface area contributed by atoms with Crippen LogP contribution in [0, 0.1) is 0 Å². The van der Waals surface area contributed by atoms with Gasteiger partial charge in [-0.3, -0.25) is 9.78 Å². The van der Waals surface area contributed by atoms with Crippen molar-refractivity contribution in [2.24, 2.45) is 0 Å². The zero-order chi connectivity index (χ0) is 15.4. The summed E-state index contributed by atoms with van der Waals surface area (Å²) in [4.78, 5) is 15.8. The summed E-state index contributed by atoms with van der Waals surface area (Å²) in [5.41, 5.74) is 3.51. The molecular formula is C18H16N2O2. The zero-order valence-electron chi connectivity index (χ0n) is 12.0. The van der Waals surface area contributed by atoms with Gasteiger partial charge in [-0.25, -0.2) is 0 Å². The molecule has 3 rings (SSSR count). The first-order valence-corrected chi connectivity index (χ1v) is 7.08. The summed E-state index contributed by atoms with van der Waals surface area (Å²) in [5, 5.41) is 13.3. The van der Waals surface area contributed by atoms with Crippen LogP contribution >= 0.6 is 0 Å². The van der Waals surface area contributed by atoms with Crippen LogP contribution in [0.5, 0.6) is 0 Å². The summed E-state index contributed by atoms with van der Waals surface area (Å²) in [6, 6.07) is 17.2. The monoisotopic (exact) mass is 292 g/mol. The number of para-hydroxylation sites is 1. The maximum atomic E-state index is 11.4. The number of benzene rings is 2. The van der Waals surface area contributed by atoms with E-state index in [1.165, 1.54) is 0 Å². The van der Waals surface area contributed by atoms with Crippen LogP contribution in [0.4, 0.5) is 5.69 Å². The molecule has 0 saturated heterocycles. The molecule has 0 aliphatic rings. The first-order valence-electron chi connectivity index (χ1n) is 7.08. The Hall–Kier alpha value is -2.72. The summed E-state index contributed by atoms with van der Waals surface area (Å²) in [6.45, 7) is 0.183. The van der Waals surface area contributed by atoms with Crippen LogP contribution in [-0.4, -0.2) is 22.5 Å². The summed E-state index contributed by atoms with van der Waals surface area (Å²) in [5.74, 6) is -0.266. The van der Waals surface area contributed by atoms with Crippen LogP contribution < -0.4 is 5.32 Å². The zero-order valence-corrected chi connectivity index (χ0v) is 12.0. The van der Waals surface area contributed by atoms with Crippen molar-refractivity contribution in [3.05, 3.63) is 71.9 Å². The number of hydrogen-bond donors (Lipinski definition) is 2. The number of carbonyl (C=O) groups is 1. The number of nitrogens with one attached hydrogen (secondary N) is 1. The van der Waals surface area contributed by atoms with Gasteiger partial charge in [0.15, 0.2) is 5.78 Å². The Bertz CT molecular complexity index is 792. The minimum absolute atomic E-state index is 0.266. The molecule has 0 aliphatic heterocycles. The SMILES string of the molecule is O=C(CO)c1ccc(CNc2cccc3cccnc23)cc1. The Morgan fingerprint density at radius 2 is 1.82 bits per heavy atom. The molecule has 110 valence electrons. The lowest BCUT2D eigenvalue weighted by Gasteiger charge is -2.09. The third-order valence-electron chi connectivity index (χ3n) is 3.54. The molecule has 22 heavy (non-hydrogen) atoms. The lowest BCUT2D eigenvalue weighted by Crippen LogP contribution is -2.05. The van der Waals surface area contributed by atoms with Gasteiger partial charge >= 0.3 is 0 Å². The second-order valence-corrected chi connectivity index (χ2v) is 5.01. The number of anilines is 1. The number of aliphatic hydroxyl groups excluding tert-OH is 1. The molecular weight excluding hydrogens is 276 g/mol. The molecule has 0 saturated carbocycles. The molecule has 0 fully saturated rings. The second kappa shape index (κ2) is 6.37. The average Bonchev–Trinajstić information content (AvgIpc) is 2.59. The molecule has 3 aromatic rings. The van der Waals surface area contributed by atoms with Gasteiger partial charge in [-0.1, -0.05) is 42.5 Å². The van der Waals surface area contributed by atoms with E-state index >= 15 is 0 Å². The average molecular weight is 292 g/mol. The highest BCUT2D eigenvalue weighted by molar-refractivity contribution is 5.96.